The van der Waals surface area contributed by atoms with Crippen LogP contribution in [0.2, 0.25) is 0 Å². The Morgan fingerprint density at radius 3 is 3.05 bits per heavy atom. The van der Waals surface area contributed by atoms with Crippen LogP contribution in [-0.4, -0.2) is 33.4 Å². The minimum atomic E-state index is -0.0885. The molecule has 1 aliphatic heterocycles. The maximum absolute atomic E-state index is 9.51. The minimum Gasteiger partial charge on any atom is -0.508 e. The summed E-state index contributed by atoms with van der Waals surface area (Å²) in [5, 5.41) is 13.5. The number of aryl methyl sites for hydroxylation is 1. The molecule has 1 aromatic carbocycles. The number of phenols is 1. The lowest BCUT2D eigenvalue weighted by Crippen LogP contribution is -2.16. The highest BCUT2D eigenvalue weighted by Crippen LogP contribution is 2.28. The molecule has 0 aliphatic carbocycles. The van der Waals surface area contributed by atoms with Crippen molar-refractivity contribution in [1.29, 1.82) is 0 Å². The van der Waals surface area contributed by atoms with Gasteiger partial charge in [0.2, 0.25) is 5.82 Å². The van der Waals surface area contributed by atoms with E-state index in [1.54, 1.807) is 12.1 Å². The van der Waals surface area contributed by atoms with Gasteiger partial charge in [0.15, 0.2) is 0 Å². The molecule has 1 fully saturated rings. The molecule has 0 saturated carbocycles. The fraction of sp³-hybridized carbons (Fsp3) is 0.385. The van der Waals surface area contributed by atoms with Crippen molar-refractivity contribution < 1.29 is 14.4 Å². The Labute approximate surface area is 115 Å². The number of phenolic OH excluding ortho intramolecular Hbond substituents is 1. The number of benzene rings is 1. The van der Waals surface area contributed by atoms with Crippen molar-refractivity contribution in [3.05, 3.63) is 29.6 Å². The Balaban J connectivity index is 1.85. The zero-order valence-electron chi connectivity index (χ0n) is 10.5. The summed E-state index contributed by atoms with van der Waals surface area (Å²) in [7, 11) is 0. The summed E-state index contributed by atoms with van der Waals surface area (Å²) in [6, 6.07) is 5.21. The Bertz CT molecular complexity index is 579. The average Bonchev–Trinajstić information content (AvgIpc) is 2.93. The molecule has 0 bridgehead atoms. The molecule has 2 aromatic rings. The first-order valence-corrected chi connectivity index (χ1v) is 7.22. The number of aromatic hydroxyl groups is 1. The normalized spacial score (nSPS) is 19.5. The van der Waals surface area contributed by atoms with Gasteiger partial charge in [0, 0.05) is 17.1 Å². The molecule has 6 heteroatoms. The van der Waals surface area contributed by atoms with Crippen molar-refractivity contribution in [2.24, 2.45) is 0 Å². The Hall–Kier alpha value is -1.53. The second kappa shape index (κ2) is 5.22. The molecule has 1 atom stereocenters. The van der Waals surface area contributed by atoms with Crippen molar-refractivity contribution in [3.63, 3.8) is 0 Å². The summed E-state index contributed by atoms with van der Waals surface area (Å²) in [6.45, 7) is 2.55. The zero-order chi connectivity index (χ0) is 13.2. The van der Waals surface area contributed by atoms with E-state index in [-0.39, 0.29) is 11.9 Å². The highest BCUT2D eigenvalue weighted by atomic mass is 32.2. The van der Waals surface area contributed by atoms with E-state index in [1.807, 2.05) is 24.8 Å². The highest BCUT2D eigenvalue weighted by Gasteiger charge is 2.22. The van der Waals surface area contributed by atoms with E-state index in [0.29, 0.717) is 11.7 Å². The third-order valence-electron chi connectivity index (χ3n) is 2.99. The van der Waals surface area contributed by atoms with Gasteiger partial charge in [-0.05, 0) is 30.7 Å². The molecule has 0 amide bonds. The zero-order valence-corrected chi connectivity index (χ0v) is 11.3. The van der Waals surface area contributed by atoms with Gasteiger partial charge in [-0.25, -0.2) is 0 Å². The van der Waals surface area contributed by atoms with Crippen molar-refractivity contribution in [2.75, 3.05) is 18.1 Å². The van der Waals surface area contributed by atoms with Crippen LogP contribution >= 0.6 is 11.8 Å². The van der Waals surface area contributed by atoms with E-state index < -0.39 is 0 Å². The van der Waals surface area contributed by atoms with Crippen LogP contribution in [0.1, 0.15) is 17.5 Å². The number of thioether (sulfide) groups is 1. The Morgan fingerprint density at radius 2 is 2.32 bits per heavy atom. The fourth-order valence-corrected chi connectivity index (χ4v) is 2.75. The maximum Gasteiger partial charge on any atom is 0.258 e. The van der Waals surface area contributed by atoms with E-state index in [1.165, 1.54) is 0 Å². The van der Waals surface area contributed by atoms with E-state index in [2.05, 4.69) is 10.1 Å². The smallest absolute Gasteiger partial charge is 0.258 e. The van der Waals surface area contributed by atoms with Gasteiger partial charge in [0.25, 0.3) is 5.89 Å². The van der Waals surface area contributed by atoms with Gasteiger partial charge in [-0.3, -0.25) is 0 Å². The topological polar surface area (TPSA) is 68.4 Å². The van der Waals surface area contributed by atoms with Crippen LogP contribution in [0.25, 0.3) is 11.5 Å². The molecule has 100 valence electrons. The largest absolute Gasteiger partial charge is 0.508 e. The third-order valence-corrected chi connectivity index (χ3v) is 3.98. The number of hydrogen-bond acceptors (Lipinski definition) is 6. The van der Waals surface area contributed by atoms with Crippen molar-refractivity contribution >= 4 is 11.8 Å². The molecule has 3 rings (SSSR count). The van der Waals surface area contributed by atoms with E-state index in [9.17, 15) is 5.11 Å². The molecular weight excluding hydrogens is 264 g/mol. The Morgan fingerprint density at radius 1 is 1.42 bits per heavy atom. The lowest BCUT2D eigenvalue weighted by molar-refractivity contribution is 0.0677. The van der Waals surface area contributed by atoms with E-state index in [4.69, 9.17) is 9.26 Å². The maximum atomic E-state index is 9.51. The quantitative estimate of drug-likeness (QED) is 0.910. The minimum absolute atomic E-state index is 0.0885. The first kappa shape index (κ1) is 12.5. The number of ether oxygens (including phenoxy) is 1. The second-order valence-corrected chi connectivity index (χ2v) is 5.54. The monoisotopic (exact) mass is 278 g/mol. The lowest BCUT2D eigenvalue weighted by Gasteiger charge is -2.18. The van der Waals surface area contributed by atoms with Crippen LogP contribution in [0.4, 0.5) is 0 Å². The standard InChI is InChI=1S/C13H14N2O3S/c1-8-6-9(2-3-10(8)16)13-14-12(15-18-13)11-7-19-5-4-17-11/h2-3,6,11,16H,4-5,7H2,1H3. The molecule has 1 unspecified atom stereocenters. The van der Waals surface area contributed by atoms with Crippen LogP contribution in [0.3, 0.4) is 0 Å². The summed E-state index contributed by atoms with van der Waals surface area (Å²) >= 11 is 1.83. The third kappa shape index (κ3) is 2.59. The van der Waals surface area contributed by atoms with Crippen LogP contribution < -0.4 is 0 Å². The number of hydrogen-bond donors (Lipinski definition) is 1. The molecule has 1 aromatic heterocycles. The van der Waals surface area contributed by atoms with Crippen molar-refractivity contribution in [3.8, 4) is 17.2 Å². The van der Waals surface area contributed by atoms with Crippen LogP contribution in [0, 0.1) is 6.92 Å². The molecule has 1 aliphatic rings. The number of nitrogens with zero attached hydrogens (tertiary/aromatic N) is 2. The molecule has 5 nitrogen and oxygen atoms in total. The number of rotatable bonds is 2. The van der Waals surface area contributed by atoms with Gasteiger partial charge in [0.05, 0.1) is 6.61 Å². The summed E-state index contributed by atoms with van der Waals surface area (Å²) < 4.78 is 10.9. The van der Waals surface area contributed by atoms with E-state index in [0.717, 1.165) is 29.2 Å². The highest BCUT2D eigenvalue weighted by molar-refractivity contribution is 7.99. The summed E-state index contributed by atoms with van der Waals surface area (Å²) in [5.41, 5.74) is 1.58. The van der Waals surface area contributed by atoms with Crippen LogP contribution in [0.5, 0.6) is 5.75 Å². The molecule has 0 radical (unpaired) electrons. The SMILES string of the molecule is Cc1cc(-c2nc(C3CSCCO3)no2)ccc1O. The van der Waals surface area contributed by atoms with Crippen LogP contribution in [-0.2, 0) is 4.74 Å². The average molecular weight is 278 g/mol. The summed E-state index contributed by atoms with van der Waals surface area (Å²) in [4.78, 5) is 4.38. The van der Waals surface area contributed by atoms with Gasteiger partial charge in [0.1, 0.15) is 11.9 Å². The molecule has 19 heavy (non-hydrogen) atoms. The molecule has 2 heterocycles. The lowest BCUT2D eigenvalue weighted by atomic mass is 10.1. The first-order valence-electron chi connectivity index (χ1n) is 6.07. The van der Waals surface area contributed by atoms with E-state index >= 15 is 0 Å². The molecular formula is C13H14N2O3S. The van der Waals surface area contributed by atoms with Crippen molar-refractivity contribution in [2.45, 2.75) is 13.0 Å². The number of aromatic nitrogens is 2. The fourth-order valence-electron chi connectivity index (χ4n) is 1.91. The van der Waals surface area contributed by atoms with Gasteiger partial charge in [-0.2, -0.15) is 16.7 Å². The summed E-state index contributed by atoms with van der Waals surface area (Å²) in [5.74, 6) is 3.17. The first-order chi connectivity index (χ1) is 9.24. The molecule has 1 N–H and O–H groups in total. The molecule has 1 saturated heterocycles. The predicted octanol–water partition coefficient (Wildman–Crippen LogP) is 2.56. The van der Waals surface area contributed by atoms with Gasteiger partial charge >= 0.3 is 0 Å². The predicted molar refractivity (Wildman–Crippen MR) is 72.2 cm³/mol. The Kier molecular flexibility index (Phi) is 3.44. The summed E-state index contributed by atoms with van der Waals surface area (Å²) in [6.07, 6.45) is -0.0885. The van der Waals surface area contributed by atoms with Gasteiger partial charge < -0.3 is 14.4 Å². The second-order valence-electron chi connectivity index (χ2n) is 4.39. The van der Waals surface area contributed by atoms with Gasteiger partial charge in [-0.1, -0.05) is 5.16 Å². The molecule has 0 spiro atoms. The van der Waals surface area contributed by atoms with Gasteiger partial charge in [-0.15, -0.1) is 0 Å². The van der Waals surface area contributed by atoms with Crippen LogP contribution in [0.15, 0.2) is 22.7 Å². The van der Waals surface area contributed by atoms with Crippen molar-refractivity contribution in [1.82, 2.24) is 10.1 Å².